The molecule has 1 saturated carbocycles. The fourth-order valence-electron chi connectivity index (χ4n) is 6.67. The summed E-state index contributed by atoms with van der Waals surface area (Å²) in [5.41, 5.74) is 3.96. The van der Waals surface area contributed by atoms with E-state index in [0.717, 1.165) is 61.1 Å². The van der Waals surface area contributed by atoms with E-state index in [1.807, 2.05) is 4.90 Å². The van der Waals surface area contributed by atoms with E-state index >= 15 is 0 Å². The van der Waals surface area contributed by atoms with Crippen LogP contribution in [0.4, 0.5) is 10.7 Å². The SMILES string of the molecule is Cc1ccc2c(c1)OC1(CCN(C(=O)OCC3CC3)CC1)c1c-2nc(N2CC[C@@H]3CNC[C@@H]32)n1C. The van der Waals surface area contributed by atoms with Crippen molar-refractivity contribution in [2.24, 2.45) is 18.9 Å². The summed E-state index contributed by atoms with van der Waals surface area (Å²) in [6, 6.07) is 6.94. The molecule has 1 amide bonds. The molecule has 1 aromatic heterocycles. The molecule has 5 aliphatic rings. The van der Waals surface area contributed by atoms with E-state index in [2.05, 4.69) is 47.0 Å². The van der Waals surface area contributed by atoms with Crippen molar-refractivity contribution in [2.75, 3.05) is 44.2 Å². The third kappa shape index (κ3) is 3.44. The lowest BCUT2D eigenvalue weighted by Crippen LogP contribution is -2.50. The van der Waals surface area contributed by atoms with E-state index in [-0.39, 0.29) is 6.09 Å². The minimum Gasteiger partial charge on any atom is -0.480 e. The standard InChI is InChI=1S/C27H35N5O3/c1-17-3-6-20-22(13-17)35-27(8-11-31(12-9-27)26(33)34-16-18-4-5-18)24-23(20)29-25(30(24)2)32-10-7-19-14-28-15-21(19)32/h3,6,13,18-19,21,28H,4-5,7-12,14-16H2,1-2H3/t19-,21+/m1/s1. The quantitative estimate of drug-likeness (QED) is 0.731. The summed E-state index contributed by atoms with van der Waals surface area (Å²) in [7, 11) is 2.15. The van der Waals surface area contributed by atoms with Crippen LogP contribution in [0.2, 0.25) is 0 Å². The Bertz CT molecular complexity index is 1160. The molecule has 8 heteroatoms. The normalized spacial score (nSPS) is 26.3. The van der Waals surface area contributed by atoms with Crippen LogP contribution >= 0.6 is 0 Å². The molecule has 3 saturated heterocycles. The zero-order valence-electron chi connectivity index (χ0n) is 20.8. The summed E-state index contributed by atoms with van der Waals surface area (Å²) >= 11 is 0. The first-order valence-corrected chi connectivity index (χ1v) is 13.3. The highest BCUT2D eigenvalue weighted by Crippen LogP contribution is 2.51. The maximum absolute atomic E-state index is 12.7. The second-order valence-electron chi connectivity index (χ2n) is 11.2. The minimum atomic E-state index is -0.490. The van der Waals surface area contributed by atoms with E-state index < -0.39 is 5.60 Å². The number of nitrogens with zero attached hydrogens (tertiary/aromatic N) is 4. The second-order valence-corrected chi connectivity index (χ2v) is 11.2. The molecule has 0 radical (unpaired) electrons. The van der Waals surface area contributed by atoms with E-state index in [4.69, 9.17) is 14.5 Å². The van der Waals surface area contributed by atoms with Gasteiger partial charge in [-0.05, 0) is 55.7 Å². The van der Waals surface area contributed by atoms with Crippen LogP contribution in [0.15, 0.2) is 18.2 Å². The Morgan fingerprint density at radius 3 is 2.83 bits per heavy atom. The molecule has 5 heterocycles. The van der Waals surface area contributed by atoms with Gasteiger partial charge in [0.25, 0.3) is 0 Å². The van der Waals surface area contributed by atoms with Gasteiger partial charge >= 0.3 is 6.09 Å². The van der Waals surface area contributed by atoms with Crippen LogP contribution in [0.25, 0.3) is 11.3 Å². The third-order valence-electron chi connectivity index (χ3n) is 8.87. The molecule has 1 aromatic carbocycles. The van der Waals surface area contributed by atoms with Crippen molar-refractivity contribution in [3.8, 4) is 17.0 Å². The van der Waals surface area contributed by atoms with E-state index in [1.54, 1.807) is 0 Å². The molecular weight excluding hydrogens is 442 g/mol. The van der Waals surface area contributed by atoms with Gasteiger partial charge in [0.05, 0.1) is 12.3 Å². The van der Waals surface area contributed by atoms with Gasteiger partial charge < -0.3 is 29.2 Å². The van der Waals surface area contributed by atoms with Crippen LogP contribution in [0, 0.1) is 18.8 Å². The molecule has 8 nitrogen and oxygen atoms in total. The third-order valence-corrected chi connectivity index (χ3v) is 8.87. The minimum absolute atomic E-state index is 0.179. The van der Waals surface area contributed by atoms with Crippen molar-refractivity contribution in [1.82, 2.24) is 19.8 Å². The number of fused-ring (bicyclic) bond motifs is 5. The monoisotopic (exact) mass is 477 g/mol. The van der Waals surface area contributed by atoms with Gasteiger partial charge in [-0.3, -0.25) is 0 Å². The fraction of sp³-hybridized carbons (Fsp3) is 0.630. The fourth-order valence-corrected chi connectivity index (χ4v) is 6.67. The molecule has 1 N–H and O–H groups in total. The van der Waals surface area contributed by atoms with Gasteiger partial charge in [0.15, 0.2) is 5.60 Å². The van der Waals surface area contributed by atoms with Crippen molar-refractivity contribution in [3.63, 3.8) is 0 Å². The first-order valence-electron chi connectivity index (χ1n) is 13.3. The Morgan fingerprint density at radius 1 is 1.20 bits per heavy atom. The summed E-state index contributed by atoms with van der Waals surface area (Å²) in [5.74, 6) is 3.24. The molecule has 4 aliphatic heterocycles. The van der Waals surface area contributed by atoms with Crippen LogP contribution in [0.3, 0.4) is 0 Å². The van der Waals surface area contributed by atoms with Crippen molar-refractivity contribution >= 4 is 12.0 Å². The lowest BCUT2D eigenvalue weighted by Gasteiger charge is -2.44. The molecule has 2 atom stereocenters. The summed E-state index contributed by atoms with van der Waals surface area (Å²) in [5, 5.41) is 3.57. The number of carbonyl (C=O) groups excluding carboxylic acids is 1. The number of likely N-dealkylation sites (tertiary alicyclic amines) is 1. The molecule has 2 aromatic rings. The second kappa shape index (κ2) is 7.88. The Kier molecular flexibility index (Phi) is 4.85. The van der Waals surface area contributed by atoms with Gasteiger partial charge in [-0.1, -0.05) is 6.07 Å². The van der Waals surface area contributed by atoms with Crippen molar-refractivity contribution in [3.05, 3.63) is 29.5 Å². The van der Waals surface area contributed by atoms with Gasteiger partial charge in [-0.15, -0.1) is 0 Å². The molecule has 7 rings (SSSR count). The summed E-state index contributed by atoms with van der Waals surface area (Å²) in [4.78, 5) is 22.3. The molecule has 0 unspecified atom stereocenters. The molecule has 0 bridgehead atoms. The molecule has 4 fully saturated rings. The summed E-state index contributed by atoms with van der Waals surface area (Å²) < 4.78 is 14.7. The highest BCUT2D eigenvalue weighted by molar-refractivity contribution is 5.75. The topological polar surface area (TPSA) is 71.9 Å². The molecule has 35 heavy (non-hydrogen) atoms. The average Bonchev–Trinajstić information content (AvgIpc) is 3.24. The first kappa shape index (κ1) is 21.5. The van der Waals surface area contributed by atoms with Gasteiger partial charge in [0, 0.05) is 64.2 Å². The number of benzene rings is 1. The molecular formula is C27H35N5O3. The highest BCUT2D eigenvalue weighted by Gasteiger charge is 2.49. The van der Waals surface area contributed by atoms with E-state index in [9.17, 15) is 4.79 Å². The number of imidazole rings is 1. The number of nitrogens with one attached hydrogen (secondary N) is 1. The number of rotatable bonds is 3. The summed E-state index contributed by atoms with van der Waals surface area (Å²) in [6.45, 7) is 7.10. The first-order chi connectivity index (χ1) is 17.0. The molecule has 1 aliphatic carbocycles. The smallest absolute Gasteiger partial charge is 0.409 e. The molecule has 186 valence electrons. The van der Waals surface area contributed by atoms with Gasteiger partial charge in [0.2, 0.25) is 5.95 Å². The zero-order valence-corrected chi connectivity index (χ0v) is 20.8. The number of ether oxygens (including phenoxy) is 2. The lowest BCUT2D eigenvalue weighted by molar-refractivity contribution is -0.0109. The number of hydrogen-bond donors (Lipinski definition) is 1. The average molecular weight is 478 g/mol. The Morgan fingerprint density at radius 2 is 2.03 bits per heavy atom. The van der Waals surface area contributed by atoms with E-state index in [0.29, 0.717) is 37.6 Å². The van der Waals surface area contributed by atoms with Crippen LogP contribution in [0.5, 0.6) is 5.75 Å². The van der Waals surface area contributed by atoms with Crippen LogP contribution < -0.4 is 15.0 Å². The van der Waals surface area contributed by atoms with Gasteiger partial charge in [-0.25, -0.2) is 9.78 Å². The number of amides is 1. The number of carbonyl (C=O) groups is 1. The predicted octanol–water partition coefficient (Wildman–Crippen LogP) is 3.42. The molecule has 1 spiro atoms. The van der Waals surface area contributed by atoms with Crippen molar-refractivity contribution in [1.29, 1.82) is 0 Å². The highest BCUT2D eigenvalue weighted by atomic mass is 16.6. The number of piperidine rings is 1. The van der Waals surface area contributed by atoms with Crippen LogP contribution in [-0.2, 0) is 17.4 Å². The summed E-state index contributed by atoms with van der Waals surface area (Å²) in [6.07, 6.45) is 4.87. The Balaban J connectivity index is 1.23. The predicted molar refractivity (Wildman–Crippen MR) is 133 cm³/mol. The zero-order chi connectivity index (χ0) is 23.7. The van der Waals surface area contributed by atoms with Crippen LogP contribution in [0.1, 0.15) is 43.4 Å². The van der Waals surface area contributed by atoms with Crippen molar-refractivity contribution < 1.29 is 14.3 Å². The number of hydrogen-bond acceptors (Lipinski definition) is 6. The van der Waals surface area contributed by atoms with Crippen LogP contribution in [-0.4, -0.2) is 65.9 Å². The number of anilines is 1. The number of aryl methyl sites for hydroxylation is 1. The lowest BCUT2D eigenvalue weighted by atomic mass is 9.83. The maximum Gasteiger partial charge on any atom is 0.409 e. The van der Waals surface area contributed by atoms with Crippen molar-refractivity contribution in [2.45, 2.75) is 50.7 Å². The van der Waals surface area contributed by atoms with Gasteiger partial charge in [-0.2, -0.15) is 0 Å². The number of aromatic nitrogens is 2. The van der Waals surface area contributed by atoms with E-state index in [1.165, 1.54) is 24.8 Å². The largest absolute Gasteiger partial charge is 0.480 e. The van der Waals surface area contributed by atoms with Gasteiger partial charge in [0.1, 0.15) is 11.4 Å². The maximum atomic E-state index is 12.7. The Labute approximate surface area is 206 Å². The Hall–Kier alpha value is -2.74.